The number of hydrogen-bond donors (Lipinski definition) is 2. The van der Waals surface area contributed by atoms with Gasteiger partial charge in [-0.3, -0.25) is 0 Å². The van der Waals surface area contributed by atoms with Crippen molar-refractivity contribution < 1.29 is 9.84 Å². The third-order valence-corrected chi connectivity index (χ3v) is 2.90. The van der Waals surface area contributed by atoms with E-state index < -0.39 is 0 Å². The monoisotopic (exact) mass is 202 g/mol. The highest BCUT2D eigenvalue weighted by Gasteiger charge is 2.18. The van der Waals surface area contributed by atoms with Gasteiger partial charge in [-0.05, 0) is 26.3 Å². The van der Waals surface area contributed by atoms with E-state index in [-0.39, 0.29) is 6.10 Å². The van der Waals surface area contributed by atoms with E-state index in [0.29, 0.717) is 12.6 Å². The Kier molecular flexibility index (Phi) is 5.40. The SMILES string of the molecule is CN(CCC(O)CN)C1CCOCC1. The molecule has 0 aliphatic carbocycles. The van der Waals surface area contributed by atoms with Crippen LogP contribution in [0.4, 0.5) is 0 Å². The Labute approximate surface area is 86.0 Å². The molecule has 14 heavy (non-hydrogen) atoms. The van der Waals surface area contributed by atoms with Crippen molar-refractivity contribution in [3.63, 3.8) is 0 Å². The van der Waals surface area contributed by atoms with Crippen LogP contribution >= 0.6 is 0 Å². The Morgan fingerprint density at radius 3 is 2.71 bits per heavy atom. The molecule has 0 amide bonds. The second kappa shape index (κ2) is 6.35. The quantitative estimate of drug-likeness (QED) is 0.648. The summed E-state index contributed by atoms with van der Waals surface area (Å²) in [4.78, 5) is 2.31. The number of aliphatic hydroxyl groups excluding tert-OH is 1. The van der Waals surface area contributed by atoms with E-state index in [9.17, 15) is 5.11 Å². The molecule has 0 saturated carbocycles. The molecule has 1 saturated heterocycles. The van der Waals surface area contributed by atoms with Gasteiger partial charge in [-0.1, -0.05) is 0 Å². The fraction of sp³-hybridized carbons (Fsp3) is 1.00. The van der Waals surface area contributed by atoms with Gasteiger partial charge < -0.3 is 20.5 Å². The van der Waals surface area contributed by atoms with Crippen LogP contribution < -0.4 is 5.73 Å². The molecular weight excluding hydrogens is 180 g/mol. The van der Waals surface area contributed by atoms with E-state index in [1.165, 1.54) is 0 Å². The summed E-state index contributed by atoms with van der Waals surface area (Å²) in [6.45, 7) is 3.02. The van der Waals surface area contributed by atoms with E-state index in [2.05, 4.69) is 11.9 Å². The lowest BCUT2D eigenvalue weighted by atomic mass is 10.1. The van der Waals surface area contributed by atoms with Gasteiger partial charge in [-0.2, -0.15) is 0 Å². The van der Waals surface area contributed by atoms with Crippen LogP contribution in [-0.2, 0) is 4.74 Å². The van der Waals surface area contributed by atoms with Crippen LogP contribution in [0.25, 0.3) is 0 Å². The Hall–Kier alpha value is -0.160. The van der Waals surface area contributed by atoms with Gasteiger partial charge in [-0.15, -0.1) is 0 Å². The first-order chi connectivity index (χ1) is 6.74. The van der Waals surface area contributed by atoms with E-state index in [4.69, 9.17) is 10.5 Å². The third kappa shape index (κ3) is 3.92. The van der Waals surface area contributed by atoms with E-state index in [0.717, 1.165) is 39.0 Å². The van der Waals surface area contributed by atoms with Gasteiger partial charge in [0.05, 0.1) is 6.10 Å². The maximum atomic E-state index is 9.33. The number of hydrogen-bond acceptors (Lipinski definition) is 4. The highest BCUT2D eigenvalue weighted by atomic mass is 16.5. The van der Waals surface area contributed by atoms with Gasteiger partial charge in [0.2, 0.25) is 0 Å². The predicted octanol–water partition coefficient (Wildman–Crippen LogP) is -0.193. The van der Waals surface area contributed by atoms with Crippen LogP contribution in [0.1, 0.15) is 19.3 Å². The number of nitrogens with two attached hydrogens (primary N) is 1. The lowest BCUT2D eigenvalue weighted by Crippen LogP contribution is -2.38. The Morgan fingerprint density at radius 1 is 1.50 bits per heavy atom. The number of rotatable bonds is 5. The Bertz CT molecular complexity index is 149. The summed E-state index contributed by atoms with van der Waals surface area (Å²) in [5, 5.41) is 9.33. The molecule has 1 fully saturated rings. The van der Waals surface area contributed by atoms with Crippen molar-refractivity contribution in [2.75, 3.05) is 33.4 Å². The summed E-state index contributed by atoms with van der Waals surface area (Å²) >= 11 is 0. The minimum Gasteiger partial charge on any atom is -0.392 e. The average Bonchev–Trinajstić information content (AvgIpc) is 2.26. The average molecular weight is 202 g/mol. The van der Waals surface area contributed by atoms with Crippen molar-refractivity contribution in [1.29, 1.82) is 0 Å². The highest BCUT2D eigenvalue weighted by molar-refractivity contribution is 4.72. The minimum atomic E-state index is -0.350. The van der Waals surface area contributed by atoms with Crippen LogP contribution in [0.15, 0.2) is 0 Å². The largest absolute Gasteiger partial charge is 0.392 e. The minimum absolute atomic E-state index is 0.350. The summed E-state index contributed by atoms with van der Waals surface area (Å²) in [6.07, 6.45) is 2.63. The van der Waals surface area contributed by atoms with Crippen molar-refractivity contribution >= 4 is 0 Å². The molecule has 1 heterocycles. The van der Waals surface area contributed by atoms with Crippen LogP contribution in [0.3, 0.4) is 0 Å². The van der Waals surface area contributed by atoms with Crippen LogP contribution in [0.2, 0.25) is 0 Å². The molecule has 1 atom stereocenters. The molecule has 1 aliphatic rings. The zero-order valence-electron chi connectivity index (χ0n) is 8.98. The molecule has 0 aromatic heterocycles. The molecule has 0 aromatic rings. The summed E-state index contributed by atoms with van der Waals surface area (Å²) < 4.78 is 5.30. The Balaban J connectivity index is 2.16. The van der Waals surface area contributed by atoms with Crippen molar-refractivity contribution in [2.45, 2.75) is 31.4 Å². The van der Waals surface area contributed by atoms with Crippen LogP contribution in [-0.4, -0.2) is 55.5 Å². The third-order valence-electron chi connectivity index (χ3n) is 2.90. The first-order valence-corrected chi connectivity index (χ1v) is 5.40. The first-order valence-electron chi connectivity index (χ1n) is 5.40. The molecule has 1 unspecified atom stereocenters. The maximum absolute atomic E-state index is 9.33. The van der Waals surface area contributed by atoms with E-state index in [1.807, 2.05) is 0 Å². The summed E-state index contributed by atoms with van der Waals surface area (Å²) in [6, 6.07) is 0.619. The molecule has 0 bridgehead atoms. The molecule has 0 aromatic carbocycles. The summed E-state index contributed by atoms with van der Waals surface area (Å²) in [5.41, 5.74) is 5.35. The molecule has 3 N–H and O–H groups in total. The molecule has 0 spiro atoms. The topological polar surface area (TPSA) is 58.7 Å². The fourth-order valence-corrected chi connectivity index (χ4v) is 1.78. The molecular formula is C10H22N2O2. The van der Waals surface area contributed by atoms with Gasteiger partial charge in [0.25, 0.3) is 0 Å². The second-order valence-electron chi connectivity index (χ2n) is 4.00. The maximum Gasteiger partial charge on any atom is 0.0674 e. The zero-order valence-corrected chi connectivity index (χ0v) is 8.98. The van der Waals surface area contributed by atoms with Crippen molar-refractivity contribution in [3.8, 4) is 0 Å². The van der Waals surface area contributed by atoms with Crippen molar-refractivity contribution in [2.24, 2.45) is 5.73 Å². The normalized spacial score (nSPS) is 21.4. The van der Waals surface area contributed by atoms with Crippen LogP contribution in [0.5, 0.6) is 0 Å². The van der Waals surface area contributed by atoms with Gasteiger partial charge in [0.1, 0.15) is 0 Å². The summed E-state index contributed by atoms with van der Waals surface area (Å²) in [5.74, 6) is 0. The fourth-order valence-electron chi connectivity index (χ4n) is 1.78. The molecule has 4 nitrogen and oxygen atoms in total. The predicted molar refractivity (Wildman–Crippen MR) is 56.1 cm³/mol. The summed E-state index contributed by atoms with van der Waals surface area (Å²) in [7, 11) is 2.11. The number of aliphatic hydroxyl groups is 1. The molecule has 4 heteroatoms. The lowest BCUT2D eigenvalue weighted by Gasteiger charge is -2.31. The number of nitrogens with zero attached hydrogens (tertiary/aromatic N) is 1. The van der Waals surface area contributed by atoms with Crippen molar-refractivity contribution in [3.05, 3.63) is 0 Å². The van der Waals surface area contributed by atoms with Crippen LogP contribution in [0, 0.1) is 0 Å². The Morgan fingerprint density at radius 2 is 2.14 bits per heavy atom. The second-order valence-corrected chi connectivity index (χ2v) is 4.00. The van der Waals surface area contributed by atoms with Gasteiger partial charge >= 0.3 is 0 Å². The molecule has 84 valence electrons. The van der Waals surface area contributed by atoms with E-state index >= 15 is 0 Å². The lowest BCUT2D eigenvalue weighted by molar-refractivity contribution is 0.0382. The smallest absolute Gasteiger partial charge is 0.0674 e. The first kappa shape index (κ1) is 11.9. The molecule has 1 rings (SSSR count). The number of ether oxygens (including phenoxy) is 1. The van der Waals surface area contributed by atoms with Gasteiger partial charge in [-0.25, -0.2) is 0 Å². The van der Waals surface area contributed by atoms with Gasteiger partial charge in [0, 0.05) is 32.3 Å². The standard InChI is InChI=1S/C10H22N2O2/c1-12(5-2-10(13)8-11)9-3-6-14-7-4-9/h9-10,13H,2-8,11H2,1H3. The zero-order chi connectivity index (χ0) is 10.4. The van der Waals surface area contributed by atoms with Gasteiger partial charge in [0.15, 0.2) is 0 Å². The molecule has 0 radical (unpaired) electrons. The van der Waals surface area contributed by atoms with E-state index in [1.54, 1.807) is 0 Å². The highest BCUT2D eigenvalue weighted by Crippen LogP contribution is 2.13. The van der Waals surface area contributed by atoms with Crippen molar-refractivity contribution in [1.82, 2.24) is 4.90 Å². The molecule has 1 aliphatic heterocycles.